The SMILES string of the molecule is Cc1ccc(S(C)(=O)=O)cc1C(=O)N(C)Cc1cccc([N+](=O)[O-])c1. The molecule has 8 heteroatoms. The van der Waals surface area contributed by atoms with Gasteiger partial charge in [0.1, 0.15) is 0 Å². The number of rotatable bonds is 5. The predicted molar refractivity (Wildman–Crippen MR) is 93.2 cm³/mol. The molecule has 0 heterocycles. The first-order valence-electron chi connectivity index (χ1n) is 7.39. The number of sulfone groups is 1. The molecule has 25 heavy (non-hydrogen) atoms. The number of benzene rings is 2. The molecule has 0 fully saturated rings. The van der Waals surface area contributed by atoms with Gasteiger partial charge in [0.15, 0.2) is 9.84 Å². The van der Waals surface area contributed by atoms with Gasteiger partial charge in [-0.2, -0.15) is 0 Å². The van der Waals surface area contributed by atoms with E-state index >= 15 is 0 Å². The van der Waals surface area contributed by atoms with E-state index in [4.69, 9.17) is 0 Å². The summed E-state index contributed by atoms with van der Waals surface area (Å²) in [7, 11) is -1.86. The van der Waals surface area contributed by atoms with Crippen LogP contribution in [-0.2, 0) is 16.4 Å². The first-order chi connectivity index (χ1) is 11.6. The fourth-order valence-electron chi connectivity index (χ4n) is 2.38. The Bertz CT molecular complexity index is 938. The summed E-state index contributed by atoms with van der Waals surface area (Å²) in [5.41, 5.74) is 1.51. The molecule has 1 amide bonds. The van der Waals surface area contributed by atoms with Gasteiger partial charge in [0.25, 0.3) is 11.6 Å². The van der Waals surface area contributed by atoms with Gasteiger partial charge in [0, 0.05) is 37.5 Å². The number of hydrogen-bond acceptors (Lipinski definition) is 5. The van der Waals surface area contributed by atoms with Gasteiger partial charge in [-0.1, -0.05) is 18.2 Å². The van der Waals surface area contributed by atoms with E-state index in [1.807, 2.05) is 0 Å². The van der Waals surface area contributed by atoms with Crippen LogP contribution >= 0.6 is 0 Å². The Balaban J connectivity index is 2.29. The highest BCUT2D eigenvalue weighted by Gasteiger charge is 2.18. The van der Waals surface area contributed by atoms with E-state index in [1.54, 1.807) is 32.2 Å². The van der Waals surface area contributed by atoms with Crippen molar-refractivity contribution in [1.82, 2.24) is 4.90 Å². The summed E-state index contributed by atoms with van der Waals surface area (Å²) in [4.78, 5) is 24.5. The Morgan fingerprint density at radius 2 is 1.88 bits per heavy atom. The van der Waals surface area contributed by atoms with E-state index in [1.165, 1.54) is 29.2 Å². The molecule has 2 aromatic carbocycles. The number of carbonyl (C=O) groups excluding carboxylic acids is 1. The molecular formula is C17H18N2O5S. The molecule has 0 aliphatic rings. The molecule has 0 bridgehead atoms. The van der Waals surface area contributed by atoms with Crippen LogP contribution in [0.15, 0.2) is 47.4 Å². The molecule has 0 saturated heterocycles. The first-order valence-corrected chi connectivity index (χ1v) is 9.28. The molecule has 2 aromatic rings. The Kier molecular flexibility index (Phi) is 5.22. The second kappa shape index (κ2) is 7.02. The number of carbonyl (C=O) groups is 1. The van der Waals surface area contributed by atoms with Crippen LogP contribution < -0.4 is 0 Å². The lowest BCUT2D eigenvalue weighted by Gasteiger charge is -2.19. The van der Waals surface area contributed by atoms with Crippen molar-refractivity contribution in [1.29, 1.82) is 0 Å². The molecule has 0 atom stereocenters. The molecule has 0 aliphatic carbocycles. The van der Waals surface area contributed by atoms with Crippen LogP contribution in [0.1, 0.15) is 21.5 Å². The lowest BCUT2D eigenvalue weighted by atomic mass is 10.1. The molecule has 7 nitrogen and oxygen atoms in total. The topological polar surface area (TPSA) is 97.6 Å². The normalized spacial score (nSPS) is 11.2. The van der Waals surface area contributed by atoms with Crippen LogP contribution in [0.25, 0.3) is 0 Å². The van der Waals surface area contributed by atoms with Gasteiger partial charge in [-0.3, -0.25) is 14.9 Å². The quantitative estimate of drug-likeness (QED) is 0.601. The fourth-order valence-corrected chi connectivity index (χ4v) is 3.03. The Hall–Kier alpha value is -2.74. The number of aryl methyl sites for hydroxylation is 1. The summed E-state index contributed by atoms with van der Waals surface area (Å²) < 4.78 is 23.4. The molecule has 132 valence electrons. The largest absolute Gasteiger partial charge is 0.337 e. The third-order valence-electron chi connectivity index (χ3n) is 3.76. The van der Waals surface area contributed by atoms with Crippen molar-refractivity contribution < 1.29 is 18.1 Å². The zero-order valence-corrected chi connectivity index (χ0v) is 14.9. The van der Waals surface area contributed by atoms with Crippen molar-refractivity contribution in [3.8, 4) is 0 Å². The third kappa shape index (κ3) is 4.42. The lowest BCUT2D eigenvalue weighted by Crippen LogP contribution is -2.27. The smallest absolute Gasteiger partial charge is 0.269 e. The van der Waals surface area contributed by atoms with Crippen molar-refractivity contribution in [3.63, 3.8) is 0 Å². The Morgan fingerprint density at radius 3 is 2.48 bits per heavy atom. The zero-order chi connectivity index (χ0) is 18.8. The molecule has 0 aromatic heterocycles. The summed E-state index contributed by atoms with van der Waals surface area (Å²) in [5, 5.41) is 10.8. The van der Waals surface area contributed by atoms with E-state index in [9.17, 15) is 23.3 Å². The molecule has 0 spiro atoms. The lowest BCUT2D eigenvalue weighted by molar-refractivity contribution is -0.384. The maximum Gasteiger partial charge on any atom is 0.269 e. The highest BCUT2D eigenvalue weighted by Crippen LogP contribution is 2.19. The van der Waals surface area contributed by atoms with Gasteiger partial charge in [-0.15, -0.1) is 0 Å². The average molecular weight is 362 g/mol. The van der Waals surface area contributed by atoms with Crippen molar-refractivity contribution in [2.45, 2.75) is 18.4 Å². The van der Waals surface area contributed by atoms with Gasteiger partial charge >= 0.3 is 0 Å². The van der Waals surface area contributed by atoms with E-state index in [-0.39, 0.29) is 28.6 Å². The summed E-state index contributed by atoms with van der Waals surface area (Å²) in [5.74, 6) is -0.352. The summed E-state index contributed by atoms with van der Waals surface area (Å²) in [6.07, 6.45) is 1.08. The number of amides is 1. The van der Waals surface area contributed by atoms with Crippen molar-refractivity contribution in [2.24, 2.45) is 0 Å². The second-order valence-corrected chi connectivity index (χ2v) is 7.85. The van der Waals surface area contributed by atoms with Gasteiger partial charge in [0.2, 0.25) is 0 Å². The highest BCUT2D eigenvalue weighted by molar-refractivity contribution is 7.90. The fraction of sp³-hybridized carbons (Fsp3) is 0.235. The van der Waals surface area contributed by atoms with Gasteiger partial charge < -0.3 is 4.90 Å². The van der Waals surface area contributed by atoms with Crippen LogP contribution in [0.3, 0.4) is 0 Å². The number of non-ortho nitro benzene ring substituents is 1. The van der Waals surface area contributed by atoms with Gasteiger partial charge in [0.05, 0.1) is 9.82 Å². The monoisotopic (exact) mass is 362 g/mol. The maximum atomic E-state index is 12.7. The van der Waals surface area contributed by atoms with Gasteiger partial charge in [-0.05, 0) is 30.2 Å². The standard InChI is InChI=1S/C17H18N2O5S/c1-12-7-8-15(25(3,23)24)10-16(12)17(20)18(2)11-13-5-4-6-14(9-13)19(21)22/h4-10H,11H2,1-3H3. The molecule has 0 radical (unpaired) electrons. The molecule has 0 aliphatic heterocycles. The first kappa shape index (κ1) is 18.6. The molecule has 0 saturated carbocycles. The van der Waals surface area contributed by atoms with E-state index in [0.29, 0.717) is 11.1 Å². The highest BCUT2D eigenvalue weighted by atomic mass is 32.2. The number of nitro groups is 1. The summed E-state index contributed by atoms with van der Waals surface area (Å²) in [6.45, 7) is 1.89. The van der Waals surface area contributed by atoms with Crippen LogP contribution in [0, 0.1) is 17.0 Å². The molecule has 2 rings (SSSR count). The third-order valence-corrected chi connectivity index (χ3v) is 4.87. The van der Waals surface area contributed by atoms with Crippen molar-refractivity contribution >= 4 is 21.4 Å². The minimum atomic E-state index is -3.42. The van der Waals surface area contributed by atoms with E-state index < -0.39 is 14.8 Å². The molecule has 0 N–H and O–H groups in total. The van der Waals surface area contributed by atoms with Gasteiger partial charge in [-0.25, -0.2) is 8.42 Å². The number of nitro benzene ring substituents is 1. The summed E-state index contributed by atoms with van der Waals surface area (Å²) in [6, 6.07) is 10.4. The van der Waals surface area contributed by atoms with E-state index in [2.05, 4.69) is 0 Å². The van der Waals surface area contributed by atoms with Crippen LogP contribution in [-0.4, -0.2) is 37.5 Å². The van der Waals surface area contributed by atoms with Crippen molar-refractivity contribution in [2.75, 3.05) is 13.3 Å². The summed E-state index contributed by atoms with van der Waals surface area (Å²) >= 11 is 0. The van der Waals surface area contributed by atoms with Crippen molar-refractivity contribution in [3.05, 3.63) is 69.3 Å². The molecular weight excluding hydrogens is 344 g/mol. The van der Waals surface area contributed by atoms with E-state index in [0.717, 1.165) is 6.26 Å². The Morgan fingerprint density at radius 1 is 1.20 bits per heavy atom. The van der Waals surface area contributed by atoms with Crippen LogP contribution in [0.5, 0.6) is 0 Å². The number of nitrogens with zero attached hydrogens (tertiary/aromatic N) is 2. The number of hydrogen-bond donors (Lipinski definition) is 0. The van der Waals surface area contributed by atoms with Crippen LogP contribution in [0.4, 0.5) is 5.69 Å². The molecule has 0 unspecified atom stereocenters. The average Bonchev–Trinajstić information content (AvgIpc) is 2.53. The maximum absolute atomic E-state index is 12.7. The minimum absolute atomic E-state index is 0.0476. The Labute approximate surface area is 146 Å². The minimum Gasteiger partial charge on any atom is -0.337 e. The van der Waals surface area contributed by atoms with Crippen LogP contribution in [0.2, 0.25) is 0 Å². The second-order valence-electron chi connectivity index (χ2n) is 5.84. The predicted octanol–water partition coefficient (Wildman–Crippen LogP) is 2.58. The zero-order valence-electron chi connectivity index (χ0n) is 14.1.